The zero-order valence-electron chi connectivity index (χ0n) is 14.0. The number of hydrogen-bond donors (Lipinski definition) is 1. The summed E-state index contributed by atoms with van der Waals surface area (Å²) in [6.07, 6.45) is 6.51. The molecule has 1 aromatic heterocycles. The second-order valence-corrected chi connectivity index (χ2v) is 7.91. The number of carbonyl (C=O) groups is 1. The molecule has 0 unspecified atom stereocenters. The highest BCUT2D eigenvalue weighted by atomic mass is 32.1. The van der Waals surface area contributed by atoms with Gasteiger partial charge >= 0.3 is 0 Å². The molecule has 0 aromatic carbocycles. The quantitative estimate of drug-likeness (QED) is 0.867. The lowest BCUT2D eigenvalue weighted by atomic mass is 10.0. The summed E-state index contributed by atoms with van der Waals surface area (Å²) in [5.74, 6) is 0.199. The van der Waals surface area contributed by atoms with Crippen molar-refractivity contribution in [2.45, 2.75) is 70.2 Å². The minimum absolute atomic E-state index is 0.199. The number of nitrogens with zero attached hydrogens (tertiary/aromatic N) is 1. The Morgan fingerprint density at radius 2 is 2.17 bits per heavy atom. The van der Waals surface area contributed by atoms with Crippen LogP contribution in [0.5, 0.6) is 0 Å². The summed E-state index contributed by atoms with van der Waals surface area (Å²) in [6.45, 7) is 5.32. The van der Waals surface area contributed by atoms with Gasteiger partial charge in [-0.1, -0.05) is 6.07 Å². The Morgan fingerprint density at radius 3 is 2.83 bits per heavy atom. The summed E-state index contributed by atoms with van der Waals surface area (Å²) in [5, 5.41) is 5.35. The van der Waals surface area contributed by atoms with Crippen LogP contribution in [0.2, 0.25) is 0 Å². The van der Waals surface area contributed by atoms with E-state index in [0.717, 1.165) is 51.7 Å². The van der Waals surface area contributed by atoms with Crippen LogP contribution < -0.4 is 5.32 Å². The van der Waals surface area contributed by atoms with Crippen molar-refractivity contribution in [1.29, 1.82) is 0 Å². The Balaban J connectivity index is 1.31. The average Bonchev–Trinajstić information content (AvgIpc) is 3.19. The van der Waals surface area contributed by atoms with Crippen molar-refractivity contribution in [1.82, 2.24) is 10.2 Å². The number of thiophene rings is 1. The van der Waals surface area contributed by atoms with Gasteiger partial charge in [-0.15, -0.1) is 11.3 Å². The standard InChI is InChI=1S/C18H28N2O2S/c1-14-4-5-16(22-14)6-7-18(21)19-15-8-10-20(11-9-15)13-17-3-2-12-23-17/h2-3,12,14-16H,4-11,13H2,1H3,(H,19,21)/t14-,16+/m1/s1. The SMILES string of the molecule is C[C@@H]1CC[C@@H](CCC(=O)NC2CCN(Cc3cccs3)CC2)O1. The van der Waals surface area contributed by atoms with Gasteiger partial charge in [0.05, 0.1) is 12.2 Å². The first-order valence-corrected chi connectivity index (χ1v) is 9.76. The third-order valence-corrected chi connectivity index (χ3v) is 5.79. The van der Waals surface area contributed by atoms with E-state index in [1.807, 2.05) is 11.3 Å². The van der Waals surface area contributed by atoms with E-state index in [9.17, 15) is 4.79 Å². The molecule has 1 N–H and O–H groups in total. The molecule has 2 saturated heterocycles. The van der Waals surface area contributed by atoms with E-state index in [1.54, 1.807) is 0 Å². The Labute approximate surface area is 143 Å². The summed E-state index contributed by atoms with van der Waals surface area (Å²) in [4.78, 5) is 16.0. The van der Waals surface area contributed by atoms with E-state index in [1.165, 1.54) is 4.88 Å². The minimum atomic E-state index is 0.199. The molecular weight excluding hydrogens is 308 g/mol. The summed E-state index contributed by atoms with van der Waals surface area (Å²) in [7, 11) is 0. The highest BCUT2D eigenvalue weighted by Gasteiger charge is 2.24. The lowest BCUT2D eigenvalue weighted by molar-refractivity contribution is -0.122. The lowest BCUT2D eigenvalue weighted by Gasteiger charge is -2.32. The van der Waals surface area contributed by atoms with Gasteiger partial charge in [-0.3, -0.25) is 9.69 Å². The zero-order valence-corrected chi connectivity index (χ0v) is 14.8. The van der Waals surface area contributed by atoms with E-state index in [2.05, 4.69) is 34.7 Å². The van der Waals surface area contributed by atoms with E-state index in [4.69, 9.17) is 4.74 Å². The van der Waals surface area contributed by atoms with Crippen LogP contribution in [0.25, 0.3) is 0 Å². The average molecular weight is 337 g/mol. The van der Waals surface area contributed by atoms with Gasteiger partial charge < -0.3 is 10.1 Å². The summed E-state index contributed by atoms with van der Waals surface area (Å²) >= 11 is 1.82. The van der Waals surface area contributed by atoms with Crippen LogP contribution in [-0.2, 0) is 16.1 Å². The molecule has 5 heteroatoms. The second kappa shape index (κ2) is 8.27. The van der Waals surface area contributed by atoms with Gasteiger partial charge in [0.25, 0.3) is 0 Å². The minimum Gasteiger partial charge on any atom is -0.375 e. The Bertz CT molecular complexity index is 483. The predicted octanol–water partition coefficient (Wildman–Crippen LogP) is 3.18. The van der Waals surface area contributed by atoms with Crippen molar-refractivity contribution < 1.29 is 9.53 Å². The van der Waals surface area contributed by atoms with Gasteiger partial charge in [0.1, 0.15) is 0 Å². The van der Waals surface area contributed by atoms with Crippen molar-refractivity contribution in [3.8, 4) is 0 Å². The molecule has 3 rings (SSSR count). The highest BCUT2D eigenvalue weighted by molar-refractivity contribution is 7.09. The third kappa shape index (κ3) is 5.30. The van der Waals surface area contributed by atoms with Crippen LogP contribution in [0.4, 0.5) is 0 Å². The molecule has 128 valence electrons. The Morgan fingerprint density at radius 1 is 1.35 bits per heavy atom. The van der Waals surface area contributed by atoms with Gasteiger partial charge in [-0.25, -0.2) is 0 Å². The molecular formula is C18H28N2O2S. The number of nitrogens with one attached hydrogen (secondary N) is 1. The van der Waals surface area contributed by atoms with Crippen molar-refractivity contribution in [2.75, 3.05) is 13.1 Å². The van der Waals surface area contributed by atoms with Crippen LogP contribution in [0.1, 0.15) is 50.3 Å². The maximum Gasteiger partial charge on any atom is 0.220 e. The van der Waals surface area contributed by atoms with Gasteiger partial charge in [0.2, 0.25) is 5.91 Å². The molecule has 2 aliphatic heterocycles. The van der Waals surface area contributed by atoms with Gasteiger partial charge in [0, 0.05) is 37.0 Å². The topological polar surface area (TPSA) is 41.6 Å². The first-order chi connectivity index (χ1) is 11.2. The summed E-state index contributed by atoms with van der Waals surface area (Å²) < 4.78 is 5.78. The van der Waals surface area contributed by atoms with Crippen molar-refractivity contribution in [3.63, 3.8) is 0 Å². The number of carbonyl (C=O) groups excluding carboxylic acids is 1. The maximum absolute atomic E-state index is 12.1. The first kappa shape index (κ1) is 16.9. The van der Waals surface area contributed by atoms with E-state index in [0.29, 0.717) is 24.7 Å². The van der Waals surface area contributed by atoms with Crippen molar-refractivity contribution in [2.24, 2.45) is 0 Å². The largest absolute Gasteiger partial charge is 0.375 e. The lowest BCUT2D eigenvalue weighted by Crippen LogP contribution is -2.44. The Kier molecular flexibility index (Phi) is 6.08. The van der Waals surface area contributed by atoms with Crippen LogP contribution in [0, 0.1) is 0 Å². The van der Waals surface area contributed by atoms with Crippen LogP contribution >= 0.6 is 11.3 Å². The molecule has 0 radical (unpaired) electrons. The first-order valence-electron chi connectivity index (χ1n) is 8.88. The number of piperidine rings is 1. The number of hydrogen-bond acceptors (Lipinski definition) is 4. The smallest absolute Gasteiger partial charge is 0.220 e. The number of rotatable bonds is 6. The molecule has 3 heterocycles. The molecule has 1 aromatic rings. The van der Waals surface area contributed by atoms with E-state index in [-0.39, 0.29) is 5.91 Å². The molecule has 23 heavy (non-hydrogen) atoms. The van der Waals surface area contributed by atoms with Crippen LogP contribution in [0.3, 0.4) is 0 Å². The molecule has 0 aliphatic carbocycles. The number of amides is 1. The molecule has 0 bridgehead atoms. The maximum atomic E-state index is 12.1. The monoisotopic (exact) mass is 336 g/mol. The fourth-order valence-electron chi connectivity index (χ4n) is 3.55. The van der Waals surface area contributed by atoms with Crippen LogP contribution in [-0.4, -0.2) is 42.1 Å². The van der Waals surface area contributed by atoms with Crippen molar-refractivity contribution >= 4 is 17.2 Å². The molecule has 2 fully saturated rings. The normalized spacial score (nSPS) is 26.5. The molecule has 0 saturated carbocycles. The van der Waals surface area contributed by atoms with E-state index < -0.39 is 0 Å². The van der Waals surface area contributed by atoms with Crippen molar-refractivity contribution in [3.05, 3.63) is 22.4 Å². The fraction of sp³-hybridized carbons (Fsp3) is 0.722. The molecule has 2 aliphatic rings. The predicted molar refractivity (Wildman–Crippen MR) is 93.6 cm³/mol. The second-order valence-electron chi connectivity index (χ2n) is 6.88. The third-order valence-electron chi connectivity index (χ3n) is 4.93. The summed E-state index contributed by atoms with van der Waals surface area (Å²) in [5.41, 5.74) is 0. The van der Waals surface area contributed by atoms with Crippen LogP contribution in [0.15, 0.2) is 17.5 Å². The van der Waals surface area contributed by atoms with Gasteiger partial charge in [-0.2, -0.15) is 0 Å². The highest BCUT2D eigenvalue weighted by Crippen LogP contribution is 2.22. The van der Waals surface area contributed by atoms with Gasteiger partial charge in [-0.05, 0) is 50.5 Å². The summed E-state index contributed by atoms with van der Waals surface area (Å²) in [6, 6.07) is 4.66. The molecule has 4 nitrogen and oxygen atoms in total. The zero-order chi connectivity index (χ0) is 16.1. The number of likely N-dealkylation sites (tertiary alicyclic amines) is 1. The van der Waals surface area contributed by atoms with E-state index >= 15 is 0 Å². The molecule has 2 atom stereocenters. The molecule has 1 amide bonds. The van der Waals surface area contributed by atoms with Gasteiger partial charge in [0.15, 0.2) is 0 Å². The Hall–Kier alpha value is -0.910. The fourth-order valence-corrected chi connectivity index (χ4v) is 4.29. The number of ether oxygens (including phenoxy) is 1. The molecule has 0 spiro atoms.